The van der Waals surface area contributed by atoms with E-state index in [1.54, 1.807) is 0 Å². The minimum absolute atomic E-state index is 0.00463. The molecule has 9 heavy (non-hydrogen) atoms. The molecule has 0 spiro atoms. The van der Waals surface area contributed by atoms with Crippen LogP contribution in [0.3, 0.4) is 0 Å². The maximum atomic E-state index is 8.87. The lowest BCUT2D eigenvalue weighted by atomic mass is 10.0. The molecule has 3 nitrogen and oxygen atoms in total. The van der Waals surface area contributed by atoms with Crippen LogP contribution in [0.25, 0.3) is 0 Å². The summed E-state index contributed by atoms with van der Waals surface area (Å²) in [6, 6.07) is 0. The molecule has 2 N–H and O–H groups in total. The molecular weight excluding hydrogens is 120 g/mol. The van der Waals surface area contributed by atoms with E-state index in [4.69, 9.17) is 14.9 Å². The van der Waals surface area contributed by atoms with Crippen LogP contribution in [0.4, 0.5) is 0 Å². The summed E-state index contributed by atoms with van der Waals surface area (Å²) in [4.78, 5) is 0. The van der Waals surface area contributed by atoms with Crippen molar-refractivity contribution in [1.82, 2.24) is 0 Å². The molecule has 0 aromatic carbocycles. The highest BCUT2D eigenvalue weighted by molar-refractivity contribution is 4.73. The Balaban J connectivity index is 2.38. The molecule has 0 aromatic heterocycles. The summed E-state index contributed by atoms with van der Waals surface area (Å²) in [5.41, 5.74) is 0. The topological polar surface area (TPSA) is 49.7 Å². The number of hydrogen-bond donors (Lipinski definition) is 2. The average molecular weight is 132 g/mol. The minimum Gasteiger partial charge on any atom is -0.396 e. The highest BCUT2D eigenvalue weighted by Gasteiger charge is 2.29. The molecule has 54 valence electrons. The molecule has 0 amide bonds. The Bertz CT molecular complexity index is 94.3. The first-order chi connectivity index (χ1) is 4.24. The van der Waals surface area contributed by atoms with Gasteiger partial charge in [0, 0.05) is 18.9 Å². The van der Waals surface area contributed by atoms with Gasteiger partial charge in [0.15, 0.2) is 6.29 Å². The Labute approximate surface area is 54.3 Å². The molecule has 3 heteroatoms. The van der Waals surface area contributed by atoms with Gasteiger partial charge < -0.3 is 14.9 Å². The molecule has 1 aliphatic heterocycles. The molecular formula is C6H12O3. The van der Waals surface area contributed by atoms with Gasteiger partial charge in [-0.15, -0.1) is 0 Å². The molecule has 1 fully saturated rings. The van der Waals surface area contributed by atoms with Crippen molar-refractivity contribution in [3.63, 3.8) is 0 Å². The third-order valence-corrected chi connectivity index (χ3v) is 1.77. The van der Waals surface area contributed by atoms with Gasteiger partial charge in [0.25, 0.3) is 0 Å². The number of aliphatic hydroxyl groups excluding tert-OH is 2. The van der Waals surface area contributed by atoms with Crippen molar-refractivity contribution in [3.05, 3.63) is 0 Å². The predicted molar refractivity (Wildman–Crippen MR) is 31.7 cm³/mol. The summed E-state index contributed by atoms with van der Waals surface area (Å²) in [5, 5.41) is 17.5. The maximum absolute atomic E-state index is 8.87. The molecule has 0 aromatic rings. The van der Waals surface area contributed by atoms with Gasteiger partial charge in [-0.3, -0.25) is 0 Å². The maximum Gasteiger partial charge on any atom is 0.155 e. The summed E-state index contributed by atoms with van der Waals surface area (Å²) >= 11 is 0. The number of ether oxygens (including phenoxy) is 1. The lowest BCUT2D eigenvalue weighted by Gasteiger charge is -2.07. The van der Waals surface area contributed by atoms with Crippen molar-refractivity contribution in [3.8, 4) is 0 Å². The molecule has 1 aliphatic rings. The fourth-order valence-electron chi connectivity index (χ4n) is 1.09. The van der Waals surface area contributed by atoms with Gasteiger partial charge in [0.2, 0.25) is 0 Å². The van der Waals surface area contributed by atoms with Gasteiger partial charge in [-0.1, -0.05) is 0 Å². The van der Waals surface area contributed by atoms with E-state index in [0.717, 1.165) is 0 Å². The summed E-state index contributed by atoms with van der Waals surface area (Å²) in [7, 11) is 0. The van der Waals surface area contributed by atoms with Crippen LogP contribution in [0.2, 0.25) is 0 Å². The SMILES string of the molecule is C[C@@H]1O[C@H](O)C[C@@H]1CO. The molecule has 0 unspecified atom stereocenters. The highest BCUT2D eigenvalue weighted by Crippen LogP contribution is 2.23. The Morgan fingerprint density at radius 3 is 2.56 bits per heavy atom. The largest absolute Gasteiger partial charge is 0.396 e. The molecule has 1 rings (SSSR count). The molecule has 3 atom stereocenters. The van der Waals surface area contributed by atoms with Crippen LogP contribution < -0.4 is 0 Å². The van der Waals surface area contributed by atoms with Crippen LogP contribution in [0.1, 0.15) is 13.3 Å². The van der Waals surface area contributed by atoms with Crippen LogP contribution in [-0.4, -0.2) is 29.2 Å². The van der Waals surface area contributed by atoms with Gasteiger partial charge in [0.05, 0.1) is 6.10 Å². The lowest BCUT2D eigenvalue weighted by molar-refractivity contribution is -0.0871. The quantitative estimate of drug-likeness (QED) is 0.516. The van der Waals surface area contributed by atoms with E-state index in [1.165, 1.54) is 0 Å². The van der Waals surface area contributed by atoms with Crippen molar-refractivity contribution < 1.29 is 14.9 Å². The lowest BCUT2D eigenvalue weighted by Crippen LogP contribution is -2.14. The minimum atomic E-state index is -0.655. The summed E-state index contributed by atoms with van der Waals surface area (Å²) in [6.45, 7) is 1.97. The number of aliphatic hydroxyl groups is 2. The van der Waals surface area contributed by atoms with Crippen molar-refractivity contribution in [2.75, 3.05) is 6.61 Å². The fraction of sp³-hybridized carbons (Fsp3) is 1.00. The second-order valence-corrected chi connectivity index (χ2v) is 2.47. The summed E-state index contributed by atoms with van der Waals surface area (Å²) in [5.74, 6) is 0.125. The average Bonchev–Trinajstić information content (AvgIpc) is 2.10. The predicted octanol–water partition coefficient (Wildman–Crippen LogP) is -0.278. The molecule has 1 saturated heterocycles. The molecule has 0 radical (unpaired) electrons. The summed E-state index contributed by atoms with van der Waals surface area (Å²) in [6.07, 6.45) is -0.0837. The van der Waals surface area contributed by atoms with Gasteiger partial charge in [-0.2, -0.15) is 0 Å². The van der Waals surface area contributed by atoms with E-state index in [9.17, 15) is 0 Å². The van der Waals surface area contributed by atoms with Gasteiger partial charge in [0.1, 0.15) is 0 Å². The number of hydrogen-bond acceptors (Lipinski definition) is 3. The van der Waals surface area contributed by atoms with E-state index in [2.05, 4.69) is 0 Å². The Morgan fingerprint density at radius 2 is 2.33 bits per heavy atom. The molecule has 0 bridgehead atoms. The third-order valence-electron chi connectivity index (χ3n) is 1.77. The zero-order valence-corrected chi connectivity index (χ0v) is 5.45. The van der Waals surface area contributed by atoms with Gasteiger partial charge in [-0.25, -0.2) is 0 Å². The fourth-order valence-corrected chi connectivity index (χ4v) is 1.09. The normalized spacial score (nSPS) is 43.7. The van der Waals surface area contributed by atoms with Crippen LogP contribution in [-0.2, 0) is 4.74 Å². The van der Waals surface area contributed by atoms with E-state index in [1.807, 2.05) is 6.92 Å². The second-order valence-electron chi connectivity index (χ2n) is 2.47. The molecule has 1 heterocycles. The van der Waals surface area contributed by atoms with Crippen LogP contribution in [0.15, 0.2) is 0 Å². The first-order valence-corrected chi connectivity index (χ1v) is 3.18. The van der Waals surface area contributed by atoms with Gasteiger partial charge >= 0.3 is 0 Å². The van der Waals surface area contributed by atoms with Crippen LogP contribution in [0.5, 0.6) is 0 Å². The van der Waals surface area contributed by atoms with E-state index in [0.29, 0.717) is 6.42 Å². The third kappa shape index (κ3) is 1.41. The second kappa shape index (κ2) is 2.64. The smallest absolute Gasteiger partial charge is 0.155 e. The van der Waals surface area contributed by atoms with Crippen LogP contribution in [0, 0.1) is 5.92 Å². The first kappa shape index (κ1) is 6.99. The number of rotatable bonds is 1. The Kier molecular flexibility index (Phi) is 2.05. The van der Waals surface area contributed by atoms with E-state index >= 15 is 0 Å². The van der Waals surface area contributed by atoms with Crippen molar-refractivity contribution >= 4 is 0 Å². The van der Waals surface area contributed by atoms with Crippen molar-refractivity contribution in [2.24, 2.45) is 5.92 Å². The standard InChI is InChI=1S/C6H12O3/c1-4-5(3-7)2-6(8)9-4/h4-8H,2-3H2,1H3/t4-,5+,6-/m0/s1. The molecule has 0 saturated carbocycles. The van der Waals surface area contributed by atoms with Crippen LogP contribution >= 0.6 is 0 Å². The zero-order valence-electron chi connectivity index (χ0n) is 5.45. The Hall–Kier alpha value is -0.120. The molecule has 0 aliphatic carbocycles. The first-order valence-electron chi connectivity index (χ1n) is 3.18. The van der Waals surface area contributed by atoms with Crippen molar-refractivity contribution in [1.29, 1.82) is 0 Å². The van der Waals surface area contributed by atoms with E-state index in [-0.39, 0.29) is 18.6 Å². The van der Waals surface area contributed by atoms with Gasteiger partial charge in [-0.05, 0) is 6.92 Å². The van der Waals surface area contributed by atoms with Crippen molar-refractivity contribution in [2.45, 2.75) is 25.7 Å². The van der Waals surface area contributed by atoms with E-state index < -0.39 is 6.29 Å². The monoisotopic (exact) mass is 132 g/mol. The Morgan fingerprint density at radius 1 is 1.67 bits per heavy atom. The zero-order chi connectivity index (χ0) is 6.85. The summed E-state index contributed by atoms with van der Waals surface area (Å²) < 4.78 is 4.96. The highest BCUT2D eigenvalue weighted by atomic mass is 16.6.